The van der Waals surface area contributed by atoms with Crippen molar-refractivity contribution < 1.29 is 53.1 Å². The Morgan fingerprint density at radius 2 is 1.11 bits per heavy atom. The number of nitrogens with zero attached hydrogens (tertiary/aromatic N) is 6. The summed E-state index contributed by atoms with van der Waals surface area (Å²) in [5.74, 6) is -7.67. The molecular formula is C57H87N11O11. The van der Waals surface area contributed by atoms with Crippen LogP contribution in [0, 0.1) is 17.8 Å². The van der Waals surface area contributed by atoms with E-state index in [9.17, 15) is 53.1 Å². The maximum Gasteiger partial charge on any atom is 0.262 e. The summed E-state index contributed by atoms with van der Waals surface area (Å²) in [6.45, 7) is 12.9. The Kier molecular flexibility index (Phi) is 24.4. The van der Waals surface area contributed by atoms with Crippen molar-refractivity contribution in [1.82, 2.24) is 56.2 Å². The summed E-state index contributed by atoms with van der Waals surface area (Å²) in [6, 6.07) is 6.78. The Bertz CT molecular complexity index is 2450. The summed E-state index contributed by atoms with van der Waals surface area (Å²) in [7, 11) is 7.03. The van der Waals surface area contributed by atoms with Crippen LogP contribution in [0.5, 0.6) is 0 Å². The van der Waals surface area contributed by atoms with Crippen LogP contribution in [0.4, 0.5) is 0 Å². The first-order valence-electron chi connectivity index (χ1n) is 27.5. The number of aliphatic hydroxyl groups excluding tert-OH is 1. The number of benzene rings is 2. The van der Waals surface area contributed by atoms with Crippen LogP contribution < -0.4 is 26.7 Å². The highest BCUT2D eigenvalue weighted by molar-refractivity contribution is 5.99. The van der Waals surface area contributed by atoms with Crippen molar-refractivity contribution in [2.75, 3.05) is 54.9 Å². The fourth-order valence-corrected chi connectivity index (χ4v) is 10.00. The second-order valence-electron chi connectivity index (χ2n) is 21.9. The van der Waals surface area contributed by atoms with E-state index in [1.54, 1.807) is 81.4 Å². The van der Waals surface area contributed by atoms with Gasteiger partial charge in [0.05, 0.1) is 6.61 Å². The molecule has 0 spiro atoms. The van der Waals surface area contributed by atoms with Crippen molar-refractivity contribution >= 4 is 59.1 Å². The van der Waals surface area contributed by atoms with Gasteiger partial charge in [-0.2, -0.15) is 0 Å². The number of likely N-dealkylation sites (N-methyl/N-ethyl adjacent to an activating group) is 5. The average Bonchev–Trinajstić information content (AvgIpc) is 3.44. The Labute approximate surface area is 466 Å². The topological polar surface area (TPSA) is 271 Å². The van der Waals surface area contributed by atoms with E-state index in [1.807, 2.05) is 20.8 Å². The number of hydrogen-bond donors (Lipinski definition) is 6. The number of amides is 10. The lowest BCUT2D eigenvalue weighted by Crippen LogP contribution is -2.66. The molecule has 0 radical (unpaired) electrons. The molecule has 4 rings (SSSR count). The third-order valence-corrected chi connectivity index (χ3v) is 15.3. The second-order valence-corrected chi connectivity index (χ2v) is 21.9. The molecule has 2 saturated heterocycles. The number of hydrazine groups is 1. The fraction of sp³-hybridized carbons (Fsp3) is 0.614. The van der Waals surface area contributed by atoms with Crippen molar-refractivity contribution in [2.45, 2.75) is 155 Å². The second kappa shape index (κ2) is 29.9. The number of hydrogen-bond acceptors (Lipinski definition) is 12. The molecule has 2 heterocycles. The summed E-state index contributed by atoms with van der Waals surface area (Å²) in [6.07, 6.45) is 0.870. The minimum Gasteiger partial charge on any atom is -0.394 e. The first kappa shape index (κ1) is 64.6. The van der Waals surface area contributed by atoms with E-state index >= 15 is 0 Å². The molecular weight excluding hydrogens is 1010 g/mol. The monoisotopic (exact) mass is 1100 g/mol. The molecule has 22 heteroatoms. The zero-order valence-corrected chi connectivity index (χ0v) is 48.5. The fourth-order valence-electron chi connectivity index (χ4n) is 10.00. The van der Waals surface area contributed by atoms with Crippen LogP contribution in [-0.2, 0) is 60.8 Å². The third kappa shape index (κ3) is 16.8. The minimum atomic E-state index is -1.57. The molecule has 2 aromatic rings. The van der Waals surface area contributed by atoms with Gasteiger partial charge >= 0.3 is 0 Å². The van der Waals surface area contributed by atoms with Gasteiger partial charge in [0, 0.05) is 67.6 Å². The van der Waals surface area contributed by atoms with Crippen molar-refractivity contribution in [2.24, 2.45) is 17.8 Å². The van der Waals surface area contributed by atoms with Crippen LogP contribution in [-0.4, -0.2) is 203 Å². The molecule has 2 aliphatic rings. The maximum absolute atomic E-state index is 14.9. The number of nitrogens with one attached hydrogen (secondary N) is 5. The molecule has 2 fully saturated rings. The molecule has 22 nitrogen and oxygen atoms in total. The molecule has 10 amide bonds. The Balaban J connectivity index is 1.83. The molecule has 0 saturated carbocycles. The van der Waals surface area contributed by atoms with Gasteiger partial charge in [0.2, 0.25) is 53.2 Å². The molecule has 2 aromatic carbocycles. The molecule has 79 heavy (non-hydrogen) atoms. The number of aliphatic hydroxyl groups is 1. The van der Waals surface area contributed by atoms with Crippen LogP contribution in [0.15, 0.2) is 60.7 Å². The Morgan fingerprint density at radius 1 is 0.582 bits per heavy atom. The largest absolute Gasteiger partial charge is 0.394 e. The van der Waals surface area contributed by atoms with Gasteiger partial charge in [-0.3, -0.25) is 53.0 Å². The molecule has 0 bridgehead atoms. The summed E-state index contributed by atoms with van der Waals surface area (Å²) >= 11 is 0. The van der Waals surface area contributed by atoms with Gasteiger partial charge in [-0.1, -0.05) is 109 Å². The third-order valence-electron chi connectivity index (χ3n) is 15.3. The molecule has 0 aromatic heterocycles. The Morgan fingerprint density at radius 3 is 1.63 bits per heavy atom. The van der Waals surface area contributed by atoms with Crippen LogP contribution in [0.25, 0.3) is 0 Å². The highest BCUT2D eigenvalue weighted by Crippen LogP contribution is 2.22. The van der Waals surface area contributed by atoms with Crippen LogP contribution in [0.1, 0.15) is 98.6 Å². The number of fused-ring (bicyclic) bond motifs is 1. The van der Waals surface area contributed by atoms with E-state index in [0.29, 0.717) is 24.0 Å². The van der Waals surface area contributed by atoms with Crippen LogP contribution in [0.3, 0.4) is 0 Å². The zero-order valence-electron chi connectivity index (χ0n) is 48.5. The lowest BCUT2D eigenvalue weighted by atomic mass is 9.95. The lowest BCUT2D eigenvalue weighted by molar-refractivity contribution is -0.160. The summed E-state index contributed by atoms with van der Waals surface area (Å²) in [5.41, 5.74) is 4.36. The summed E-state index contributed by atoms with van der Waals surface area (Å²) in [4.78, 5) is 150. The van der Waals surface area contributed by atoms with Gasteiger partial charge in [-0.05, 0) is 62.0 Å². The number of carbonyl (C=O) groups is 10. The van der Waals surface area contributed by atoms with E-state index in [1.165, 1.54) is 68.7 Å². The smallest absolute Gasteiger partial charge is 0.262 e. The van der Waals surface area contributed by atoms with E-state index < -0.39 is 132 Å². The maximum atomic E-state index is 14.9. The lowest BCUT2D eigenvalue weighted by Gasteiger charge is -2.41. The van der Waals surface area contributed by atoms with Crippen molar-refractivity contribution in [1.29, 1.82) is 0 Å². The highest BCUT2D eigenvalue weighted by atomic mass is 16.3. The number of rotatable bonds is 10. The molecule has 436 valence electrons. The van der Waals surface area contributed by atoms with E-state index in [-0.39, 0.29) is 51.1 Å². The SMILES string of the molecule is CCC(C)C1NC(=O)C(Cc2ccccc2)N(C)C(=O)C2CCCNN2C(=O)C(CO)N(C)C(=O)C(CC(C)C)NC(=O)C(Cc2ccccc2)N(C)C(=O)C(C)NC(=O)C(C(C)C)N(C)C(=O)CCNC(=O)C(C)N(C)C1=O. The molecule has 0 aliphatic carbocycles. The van der Waals surface area contributed by atoms with Crippen molar-refractivity contribution in [3.8, 4) is 0 Å². The van der Waals surface area contributed by atoms with Crippen molar-refractivity contribution in [3.05, 3.63) is 71.8 Å². The summed E-state index contributed by atoms with van der Waals surface area (Å²) < 4.78 is 0. The molecule has 10 unspecified atom stereocenters. The van der Waals surface area contributed by atoms with Gasteiger partial charge in [-0.25, -0.2) is 5.43 Å². The predicted octanol–water partition coefficient (Wildman–Crippen LogP) is 0.857. The number of carbonyl (C=O) groups excluding carboxylic acids is 10. The van der Waals surface area contributed by atoms with Gasteiger partial charge in [-0.15, -0.1) is 0 Å². The zero-order chi connectivity index (χ0) is 59.0. The summed E-state index contributed by atoms with van der Waals surface area (Å²) in [5, 5.41) is 23.2. The molecule has 2 aliphatic heterocycles. The van der Waals surface area contributed by atoms with Crippen LogP contribution >= 0.6 is 0 Å². The first-order valence-corrected chi connectivity index (χ1v) is 27.5. The van der Waals surface area contributed by atoms with E-state index in [4.69, 9.17) is 0 Å². The predicted molar refractivity (Wildman–Crippen MR) is 297 cm³/mol. The molecule has 10 atom stereocenters. The first-order chi connectivity index (χ1) is 37.3. The van der Waals surface area contributed by atoms with Gasteiger partial charge in [0.25, 0.3) is 5.91 Å². The Hall–Kier alpha value is -6.94. The van der Waals surface area contributed by atoms with Gasteiger partial charge in [0.1, 0.15) is 54.4 Å². The van der Waals surface area contributed by atoms with Gasteiger partial charge in [0.15, 0.2) is 0 Å². The van der Waals surface area contributed by atoms with E-state index in [0.717, 1.165) is 9.91 Å². The standard InChI is InChI=1S/C57H87N11O11/c1-14-36(6)47-57(79)63(9)38(8)49(71)58-29-27-46(70)67(13)48(35(4)5)52(74)60-37(7)53(75)64(10)43(31-39-22-17-15-18-23-39)50(72)61-41(30-34(2)3)54(76)66(12)45(33-69)56(78)68-42(26-21-28-59-68)55(77)65(11)44(51(73)62-47)32-40-24-19-16-20-25-40/h15-20,22-25,34-38,41-45,47-48,59,69H,14,21,26-33H2,1-13H3,(H,58,71)(H,60,74)(H,61,72)(H,62,73). The normalized spacial score (nSPS) is 26.6. The quantitative estimate of drug-likeness (QED) is 0.194. The minimum absolute atomic E-state index is 0.00364. The van der Waals surface area contributed by atoms with Crippen LogP contribution in [0.2, 0.25) is 0 Å². The van der Waals surface area contributed by atoms with E-state index in [2.05, 4.69) is 26.7 Å². The average molecular weight is 1100 g/mol. The molecule has 6 N–H and O–H groups in total. The van der Waals surface area contributed by atoms with Crippen molar-refractivity contribution in [3.63, 3.8) is 0 Å². The highest BCUT2D eigenvalue weighted by Gasteiger charge is 2.44. The van der Waals surface area contributed by atoms with Gasteiger partial charge < -0.3 is 50.9 Å².